The van der Waals surface area contributed by atoms with E-state index in [0.717, 1.165) is 17.3 Å². The molecule has 1 aromatic carbocycles. The van der Waals surface area contributed by atoms with Crippen molar-refractivity contribution in [3.8, 4) is 5.88 Å². The third-order valence-electron chi connectivity index (χ3n) is 2.91. The summed E-state index contributed by atoms with van der Waals surface area (Å²) in [6, 6.07) is 7.74. The van der Waals surface area contributed by atoms with Crippen LogP contribution in [0.15, 0.2) is 24.3 Å². The Bertz CT molecular complexity index is 580. The zero-order valence-corrected chi connectivity index (χ0v) is 11.8. The van der Waals surface area contributed by atoms with E-state index in [-0.39, 0.29) is 12.5 Å². The first kappa shape index (κ1) is 14.3. The van der Waals surface area contributed by atoms with Gasteiger partial charge in [-0.3, -0.25) is 9.48 Å². The summed E-state index contributed by atoms with van der Waals surface area (Å²) in [5.74, 6) is 0.325. The van der Waals surface area contributed by atoms with Crippen LogP contribution in [0.3, 0.4) is 0 Å². The van der Waals surface area contributed by atoms with E-state index in [0.29, 0.717) is 19.0 Å². The molecule has 1 amide bonds. The molecule has 0 radical (unpaired) electrons. The summed E-state index contributed by atoms with van der Waals surface area (Å²) in [4.78, 5) is 11.6. The monoisotopic (exact) mass is 277 g/mol. The van der Waals surface area contributed by atoms with Gasteiger partial charge in [-0.2, -0.15) is 0 Å². The van der Waals surface area contributed by atoms with Gasteiger partial charge in [-0.25, -0.2) is 0 Å². The second-order valence-electron chi connectivity index (χ2n) is 4.43. The van der Waals surface area contributed by atoms with Crippen molar-refractivity contribution < 1.29 is 14.3 Å². The smallest absolute Gasteiger partial charge is 0.258 e. The number of ether oxygens (including phenoxy) is 2. The van der Waals surface area contributed by atoms with E-state index in [4.69, 9.17) is 9.47 Å². The van der Waals surface area contributed by atoms with Crippen LogP contribution >= 0.6 is 0 Å². The van der Waals surface area contributed by atoms with Gasteiger partial charge in [0.05, 0.1) is 10.9 Å². The normalized spacial score (nSPS) is 10.7. The van der Waals surface area contributed by atoms with Gasteiger partial charge >= 0.3 is 0 Å². The first-order valence-electron chi connectivity index (χ1n) is 6.52. The minimum atomic E-state index is -0.157. The third kappa shape index (κ3) is 3.48. The zero-order chi connectivity index (χ0) is 14.4. The second-order valence-corrected chi connectivity index (χ2v) is 4.43. The molecule has 0 spiro atoms. The number of methoxy groups -OCH3 is 1. The number of amides is 1. The first-order valence-corrected chi connectivity index (χ1v) is 6.52. The molecule has 6 nitrogen and oxygen atoms in total. The largest absolute Gasteiger partial charge is 0.466 e. The lowest BCUT2D eigenvalue weighted by atomic mass is 10.2. The van der Waals surface area contributed by atoms with Crippen LogP contribution in [0.25, 0.3) is 10.9 Å². The highest BCUT2D eigenvalue weighted by molar-refractivity contribution is 5.85. The lowest BCUT2D eigenvalue weighted by molar-refractivity contribution is -0.123. The number of hydrogen-bond donors (Lipinski definition) is 1. The van der Waals surface area contributed by atoms with Gasteiger partial charge in [-0.05, 0) is 18.6 Å². The fourth-order valence-corrected chi connectivity index (χ4v) is 1.92. The van der Waals surface area contributed by atoms with Gasteiger partial charge in [0.25, 0.3) is 5.91 Å². The average molecular weight is 277 g/mol. The van der Waals surface area contributed by atoms with Crippen LogP contribution in [0.1, 0.15) is 6.42 Å². The molecular weight excluding hydrogens is 258 g/mol. The number of aryl methyl sites for hydroxylation is 1. The van der Waals surface area contributed by atoms with Crippen LogP contribution in [-0.4, -0.2) is 42.6 Å². The zero-order valence-electron chi connectivity index (χ0n) is 11.8. The maximum atomic E-state index is 11.6. The van der Waals surface area contributed by atoms with Crippen molar-refractivity contribution in [2.24, 2.45) is 7.05 Å². The molecule has 1 aromatic heterocycles. The first-order chi connectivity index (χ1) is 9.72. The fraction of sp³-hybridized carbons (Fsp3) is 0.429. The number of carbonyl (C=O) groups is 1. The van der Waals surface area contributed by atoms with Crippen molar-refractivity contribution in [3.63, 3.8) is 0 Å². The lowest BCUT2D eigenvalue weighted by Crippen LogP contribution is -2.30. The third-order valence-corrected chi connectivity index (χ3v) is 2.91. The molecule has 2 rings (SSSR count). The Balaban J connectivity index is 1.88. The molecule has 0 saturated carbocycles. The van der Waals surface area contributed by atoms with E-state index in [9.17, 15) is 4.79 Å². The molecule has 2 aromatic rings. The number of aromatic nitrogens is 2. The van der Waals surface area contributed by atoms with E-state index in [1.165, 1.54) is 0 Å². The molecule has 0 aliphatic heterocycles. The van der Waals surface area contributed by atoms with Gasteiger partial charge in [0.15, 0.2) is 6.61 Å². The fourth-order valence-electron chi connectivity index (χ4n) is 1.92. The molecule has 0 bridgehead atoms. The molecular formula is C14H19N3O3. The summed E-state index contributed by atoms with van der Waals surface area (Å²) in [5.41, 5.74) is 0.975. The molecule has 20 heavy (non-hydrogen) atoms. The summed E-state index contributed by atoms with van der Waals surface area (Å²) < 4.78 is 12.1. The summed E-state index contributed by atoms with van der Waals surface area (Å²) >= 11 is 0. The van der Waals surface area contributed by atoms with Gasteiger partial charge in [-0.1, -0.05) is 12.1 Å². The van der Waals surface area contributed by atoms with Gasteiger partial charge in [0.1, 0.15) is 0 Å². The molecule has 0 aliphatic rings. The number of carbonyl (C=O) groups excluding carboxylic acids is 1. The van der Waals surface area contributed by atoms with Gasteiger partial charge in [0, 0.05) is 27.3 Å². The summed E-state index contributed by atoms with van der Waals surface area (Å²) in [7, 11) is 3.48. The van der Waals surface area contributed by atoms with Crippen LogP contribution in [-0.2, 0) is 16.6 Å². The lowest BCUT2D eigenvalue weighted by Gasteiger charge is -2.05. The van der Waals surface area contributed by atoms with Gasteiger partial charge < -0.3 is 14.8 Å². The highest BCUT2D eigenvalue weighted by atomic mass is 16.5. The number of para-hydroxylation sites is 1. The molecule has 0 fully saturated rings. The average Bonchev–Trinajstić information content (AvgIpc) is 2.79. The Morgan fingerprint density at radius 1 is 1.40 bits per heavy atom. The standard InChI is InChI=1S/C14H19N3O3/c1-17-12-7-4-3-6-11(12)14(16-17)20-10-13(18)15-8-5-9-19-2/h3-4,6-7H,5,8-10H2,1-2H3,(H,15,18). The number of nitrogens with zero attached hydrogens (tertiary/aromatic N) is 2. The van der Waals surface area contributed by atoms with E-state index in [1.807, 2.05) is 31.3 Å². The molecule has 0 unspecified atom stereocenters. The molecule has 0 atom stereocenters. The molecule has 0 aliphatic carbocycles. The number of benzene rings is 1. The highest BCUT2D eigenvalue weighted by Gasteiger charge is 2.10. The van der Waals surface area contributed by atoms with Crippen molar-refractivity contribution in [1.82, 2.24) is 15.1 Å². The van der Waals surface area contributed by atoms with Crippen LogP contribution in [0.4, 0.5) is 0 Å². The Labute approximate surface area is 117 Å². The van der Waals surface area contributed by atoms with Crippen molar-refractivity contribution in [1.29, 1.82) is 0 Å². The van der Waals surface area contributed by atoms with Crippen LogP contribution in [0.5, 0.6) is 5.88 Å². The van der Waals surface area contributed by atoms with Crippen LogP contribution < -0.4 is 10.1 Å². The SMILES string of the molecule is COCCCNC(=O)COc1nn(C)c2ccccc12. The van der Waals surface area contributed by atoms with Gasteiger partial charge in [0.2, 0.25) is 5.88 Å². The molecule has 1 N–H and O–H groups in total. The summed E-state index contributed by atoms with van der Waals surface area (Å²) in [6.45, 7) is 1.18. The van der Waals surface area contributed by atoms with Crippen molar-refractivity contribution >= 4 is 16.8 Å². The topological polar surface area (TPSA) is 65.4 Å². The minimum Gasteiger partial charge on any atom is -0.466 e. The molecule has 108 valence electrons. The predicted molar refractivity (Wildman–Crippen MR) is 75.7 cm³/mol. The predicted octanol–water partition coefficient (Wildman–Crippen LogP) is 1.10. The number of hydrogen-bond acceptors (Lipinski definition) is 4. The maximum Gasteiger partial charge on any atom is 0.258 e. The maximum absolute atomic E-state index is 11.6. The Hall–Kier alpha value is -2.08. The van der Waals surface area contributed by atoms with Crippen molar-refractivity contribution in [3.05, 3.63) is 24.3 Å². The van der Waals surface area contributed by atoms with Gasteiger partial charge in [-0.15, -0.1) is 5.10 Å². The number of rotatable bonds is 7. The number of nitrogens with one attached hydrogen (secondary N) is 1. The van der Waals surface area contributed by atoms with E-state index in [2.05, 4.69) is 10.4 Å². The summed E-state index contributed by atoms with van der Waals surface area (Å²) in [6.07, 6.45) is 0.786. The Morgan fingerprint density at radius 3 is 3.00 bits per heavy atom. The Kier molecular flexibility index (Phi) is 4.95. The van der Waals surface area contributed by atoms with E-state index < -0.39 is 0 Å². The Morgan fingerprint density at radius 2 is 2.20 bits per heavy atom. The quantitative estimate of drug-likeness (QED) is 0.770. The molecule has 1 heterocycles. The van der Waals surface area contributed by atoms with E-state index in [1.54, 1.807) is 11.8 Å². The van der Waals surface area contributed by atoms with Crippen LogP contribution in [0, 0.1) is 0 Å². The van der Waals surface area contributed by atoms with Crippen molar-refractivity contribution in [2.75, 3.05) is 26.9 Å². The molecule has 6 heteroatoms. The van der Waals surface area contributed by atoms with Crippen LogP contribution in [0.2, 0.25) is 0 Å². The summed E-state index contributed by atoms with van der Waals surface area (Å²) in [5, 5.41) is 7.93. The molecule has 0 saturated heterocycles. The van der Waals surface area contributed by atoms with Crippen molar-refractivity contribution in [2.45, 2.75) is 6.42 Å². The van der Waals surface area contributed by atoms with E-state index >= 15 is 0 Å². The number of fused-ring (bicyclic) bond motifs is 1. The second kappa shape index (κ2) is 6.91. The highest BCUT2D eigenvalue weighted by Crippen LogP contribution is 2.23. The minimum absolute atomic E-state index is 0.0337.